The molecule has 0 radical (unpaired) electrons. The lowest BCUT2D eigenvalue weighted by atomic mass is 10.0. The first-order valence-corrected chi connectivity index (χ1v) is 11.7. The van der Waals surface area contributed by atoms with Gasteiger partial charge in [-0.1, -0.05) is 40.6 Å². The number of aromatic hydroxyl groups is 1. The maximum Gasteiger partial charge on any atom is 0.193 e. The number of hydrogen-bond donors (Lipinski definition) is 1. The van der Waals surface area contributed by atoms with Gasteiger partial charge < -0.3 is 24.1 Å². The molecule has 0 unspecified atom stereocenters. The van der Waals surface area contributed by atoms with E-state index in [2.05, 4.69) is 20.8 Å². The number of phenolic OH excluding ortho intramolecular Hbond substituents is 1. The van der Waals surface area contributed by atoms with Crippen molar-refractivity contribution in [1.82, 2.24) is 4.90 Å². The summed E-state index contributed by atoms with van der Waals surface area (Å²) in [6.45, 7) is 2.25. The number of carbonyl (C=O) groups excluding carboxylic acids is 1. The molecule has 3 rings (SSSR count). The van der Waals surface area contributed by atoms with E-state index in [9.17, 15) is 9.90 Å². The highest BCUT2D eigenvalue weighted by atomic mass is 79.9. The molecular weight excluding hydrogens is 490 g/mol. The van der Waals surface area contributed by atoms with Crippen LogP contribution in [0.4, 0.5) is 0 Å². The highest BCUT2D eigenvalue weighted by molar-refractivity contribution is 9.10. The molecule has 178 valence electrons. The molecule has 1 aliphatic heterocycles. The number of carbonyl (C=O) groups is 1. The second-order valence-corrected chi connectivity index (χ2v) is 8.68. The van der Waals surface area contributed by atoms with Crippen LogP contribution in [0.5, 0.6) is 17.2 Å². The number of ether oxygens (including phenoxy) is 4. The van der Waals surface area contributed by atoms with Crippen molar-refractivity contribution < 1.29 is 28.8 Å². The van der Waals surface area contributed by atoms with Crippen LogP contribution in [0, 0.1) is 0 Å². The Morgan fingerprint density at radius 2 is 1.76 bits per heavy atom. The number of allylic oxidation sites excluding steroid dienone is 1. The molecule has 0 aliphatic carbocycles. The van der Waals surface area contributed by atoms with E-state index in [1.807, 2.05) is 24.3 Å². The maximum atomic E-state index is 13.2. The molecule has 1 aliphatic rings. The van der Waals surface area contributed by atoms with Gasteiger partial charge in [-0.15, -0.1) is 0 Å². The molecule has 1 N–H and O–H groups in total. The number of hydrogen-bond acceptors (Lipinski definition) is 7. The second kappa shape index (κ2) is 12.7. The third-order valence-corrected chi connectivity index (χ3v) is 5.84. The lowest BCUT2D eigenvalue weighted by molar-refractivity contribution is 0.0443. The van der Waals surface area contributed by atoms with E-state index in [-0.39, 0.29) is 36.4 Å². The molecule has 1 saturated heterocycles. The topological polar surface area (TPSA) is 77.5 Å². The molecule has 0 bridgehead atoms. The zero-order chi connectivity index (χ0) is 23.6. The van der Waals surface area contributed by atoms with Crippen LogP contribution < -0.4 is 9.47 Å². The van der Waals surface area contributed by atoms with E-state index in [1.54, 1.807) is 12.1 Å². The third kappa shape index (κ3) is 7.04. The molecule has 7 nitrogen and oxygen atoms in total. The minimum absolute atomic E-state index is 0.00619. The van der Waals surface area contributed by atoms with Crippen LogP contribution in [0.3, 0.4) is 0 Å². The number of ketones is 1. The Hall–Kier alpha value is -2.39. The highest BCUT2D eigenvalue weighted by Gasteiger charge is 2.25. The molecule has 0 aromatic heterocycles. The van der Waals surface area contributed by atoms with Crippen molar-refractivity contribution in [1.29, 1.82) is 0 Å². The van der Waals surface area contributed by atoms with Gasteiger partial charge in [-0.2, -0.15) is 0 Å². The number of likely N-dealkylation sites (tertiary alicyclic amines) is 1. The molecule has 2 aromatic carbocycles. The highest BCUT2D eigenvalue weighted by Crippen LogP contribution is 2.40. The molecule has 0 saturated carbocycles. The van der Waals surface area contributed by atoms with Crippen molar-refractivity contribution in [3.8, 4) is 17.2 Å². The molecule has 0 spiro atoms. The fraction of sp³-hybridized carbons (Fsp3) is 0.400. The molecular formula is C25H30BrNO6. The second-order valence-electron chi connectivity index (χ2n) is 7.77. The average Bonchev–Trinajstić information content (AvgIpc) is 2.82. The first-order chi connectivity index (χ1) is 16.0. The predicted molar refractivity (Wildman–Crippen MR) is 130 cm³/mol. The van der Waals surface area contributed by atoms with Crippen molar-refractivity contribution in [2.24, 2.45) is 0 Å². The van der Waals surface area contributed by atoms with E-state index < -0.39 is 0 Å². The zero-order valence-electron chi connectivity index (χ0n) is 19.0. The van der Waals surface area contributed by atoms with Crippen LogP contribution in [0.2, 0.25) is 0 Å². The Kier molecular flexibility index (Phi) is 9.75. The van der Waals surface area contributed by atoms with Gasteiger partial charge in [0, 0.05) is 31.3 Å². The SMILES string of the molecule is COCOc1cc(OCOC)c(C(=O)/C=C/c2cccc(Br)c2)c(O)c1CN1CCCCC1. The van der Waals surface area contributed by atoms with Gasteiger partial charge in [0.15, 0.2) is 19.4 Å². The summed E-state index contributed by atoms with van der Waals surface area (Å²) in [7, 11) is 3.01. The predicted octanol–water partition coefficient (Wildman–Crippen LogP) is 5.00. The van der Waals surface area contributed by atoms with Crippen molar-refractivity contribution >= 4 is 27.8 Å². The van der Waals surface area contributed by atoms with Crippen LogP contribution in [-0.2, 0) is 16.0 Å². The van der Waals surface area contributed by atoms with Gasteiger partial charge >= 0.3 is 0 Å². The summed E-state index contributed by atoms with van der Waals surface area (Å²) in [5.74, 6) is 0.0752. The van der Waals surface area contributed by atoms with Gasteiger partial charge in [0.2, 0.25) is 0 Å². The van der Waals surface area contributed by atoms with Gasteiger partial charge in [0.25, 0.3) is 0 Å². The van der Waals surface area contributed by atoms with Gasteiger partial charge in [-0.05, 0) is 49.7 Å². The first kappa shape index (κ1) is 25.2. The molecule has 0 amide bonds. The Morgan fingerprint density at radius 3 is 2.42 bits per heavy atom. The van der Waals surface area contributed by atoms with E-state index in [1.165, 1.54) is 26.7 Å². The van der Waals surface area contributed by atoms with E-state index in [0.717, 1.165) is 36.0 Å². The monoisotopic (exact) mass is 519 g/mol. The summed E-state index contributed by atoms with van der Waals surface area (Å²) in [5.41, 5.74) is 1.47. The fourth-order valence-corrected chi connectivity index (χ4v) is 4.16. The standard InChI is InChI=1S/C25H30BrNO6/c1-30-16-32-22-14-23(33-17-31-2)24(21(28)10-9-18-7-6-8-19(26)13-18)25(29)20(22)15-27-11-4-3-5-12-27/h6-10,13-14,29H,3-5,11-12,15-17H2,1-2H3/b10-9+. The summed E-state index contributed by atoms with van der Waals surface area (Å²) in [4.78, 5) is 15.5. The smallest absolute Gasteiger partial charge is 0.193 e. The van der Waals surface area contributed by atoms with Crippen LogP contribution in [0.15, 0.2) is 40.9 Å². The van der Waals surface area contributed by atoms with Gasteiger partial charge in [-0.25, -0.2) is 0 Å². The number of nitrogens with zero attached hydrogens (tertiary/aromatic N) is 1. The lowest BCUT2D eigenvalue weighted by Crippen LogP contribution is -2.29. The third-order valence-electron chi connectivity index (χ3n) is 5.35. The number of phenols is 1. The largest absolute Gasteiger partial charge is 0.507 e. The van der Waals surface area contributed by atoms with Crippen molar-refractivity contribution in [2.45, 2.75) is 25.8 Å². The number of piperidine rings is 1. The average molecular weight is 520 g/mol. The van der Waals surface area contributed by atoms with Crippen LogP contribution in [0.1, 0.15) is 40.7 Å². The van der Waals surface area contributed by atoms with Gasteiger partial charge in [-0.3, -0.25) is 9.69 Å². The molecule has 2 aromatic rings. The minimum atomic E-state index is -0.378. The molecule has 8 heteroatoms. The van der Waals surface area contributed by atoms with E-state index in [4.69, 9.17) is 18.9 Å². The molecule has 0 atom stereocenters. The van der Waals surface area contributed by atoms with Crippen molar-refractivity contribution in [2.75, 3.05) is 40.9 Å². The van der Waals surface area contributed by atoms with Crippen LogP contribution >= 0.6 is 15.9 Å². The Bertz CT molecular complexity index is 972. The first-order valence-electron chi connectivity index (χ1n) is 10.9. The number of rotatable bonds is 11. The Labute approximate surface area is 203 Å². The summed E-state index contributed by atoms with van der Waals surface area (Å²) < 4.78 is 22.4. The van der Waals surface area contributed by atoms with E-state index >= 15 is 0 Å². The fourth-order valence-electron chi connectivity index (χ4n) is 3.75. The summed E-state index contributed by atoms with van der Waals surface area (Å²) in [6, 6.07) is 9.21. The summed E-state index contributed by atoms with van der Waals surface area (Å²) in [6.07, 6.45) is 6.53. The van der Waals surface area contributed by atoms with Gasteiger partial charge in [0.1, 0.15) is 22.8 Å². The minimum Gasteiger partial charge on any atom is -0.507 e. The maximum absolute atomic E-state index is 13.2. The normalized spacial score (nSPS) is 14.5. The van der Waals surface area contributed by atoms with Gasteiger partial charge in [0.05, 0.1) is 5.56 Å². The Morgan fingerprint density at radius 1 is 1.06 bits per heavy atom. The molecule has 33 heavy (non-hydrogen) atoms. The number of halogens is 1. The number of methoxy groups -OCH3 is 2. The molecule has 1 heterocycles. The summed E-state index contributed by atoms with van der Waals surface area (Å²) >= 11 is 3.43. The number of benzene rings is 2. The lowest BCUT2D eigenvalue weighted by Gasteiger charge is -2.28. The summed E-state index contributed by atoms with van der Waals surface area (Å²) in [5, 5.41) is 11.3. The van der Waals surface area contributed by atoms with Crippen LogP contribution in [-0.4, -0.2) is 56.7 Å². The van der Waals surface area contributed by atoms with Crippen molar-refractivity contribution in [3.63, 3.8) is 0 Å². The Balaban J connectivity index is 2.00. The zero-order valence-corrected chi connectivity index (χ0v) is 20.6. The van der Waals surface area contributed by atoms with E-state index in [0.29, 0.717) is 17.9 Å². The molecule has 1 fully saturated rings. The van der Waals surface area contributed by atoms with Crippen molar-refractivity contribution in [3.05, 3.63) is 57.6 Å². The van der Waals surface area contributed by atoms with Crippen LogP contribution in [0.25, 0.3) is 6.08 Å². The quantitative estimate of drug-likeness (QED) is 0.254.